The maximum atomic E-state index is 11.6. The smallest absolute Gasteiger partial charge is 0.286 e. The number of thioether (sulfide) groups is 1. The lowest BCUT2D eigenvalue weighted by molar-refractivity contribution is -0.118. The largest absolute Gasteiger partial charge is 0.492 e. The summed E-state index contributed by atoms with van der Waals surface area (Å²) < 4.78 is 11.1. The molecule has 0 radical (unpaired) electrons. The number of morpholine rings is 1. The molecular formula is C16H20N2O4S. The van der Waals surface area contributed by atoms with Crippen molar-refractivity contribution < 1.29 is 19.1 Å². The molecule has 0 bridgehead atoms. The predicted molar refractivity (Wildman–Crippen MR) is 87.8 cm³/mol. The van der Waals surface area contributed by atoms with Gasteiger partial charge >= 0.3 is 0 Å². The molecule has 23 heavy (non-hydrogen) atoms. The summed E-state index contributed by atoms with van der Waals surface area (Å²) in [6.07, 6.45) is 0.552. The van der Waals surface area contributed by atoms with E-state index >= 15 is 0 Å². The van der Waals surface area contributed by atoms with Crippen LogP contribution in [-0.2, 0) is 16.0 Å². The van der Waals surface area contributed by atoms with Crippen LogP contribution in [0.2, 0.25) is 0 Å². The van der Waals surface area contributed by atoms with Crippen molar-refractivity contribution in [2.75, 3.05) is 39.5 Å². The average molecular weight is 336 g/mol. The summed E-state index contributed by atoms with van der Waals surface area (Å²) in [5.41, 5.74) is 1.02. The van der Waals surface area contributed by atoms with Gasteiger partial charge in [0.25, 0.3) is 5.24 Å². The number of amides is 2. The zero-order valence-corrected chi connectivity index (χ0v) is 13.6. The molecule has 1 unspecified atom stereocenters. The Labute approximate surface area is 139 Å². The van der Waals surface area contributed by atoms with Crippen LogP contribution in [0.25, 0.3) is 0 Å². The first kappa shape index (κ1) is 16.3. The van der Waals surface area contributed by atoms with Gasteiger partial charge in [0.2, 0.25) is 5.91 Å². The molecule has 3 rings (SSSR count). The maximum absolute atomic E-state index is 11.6. The fourth-order valence-electron chi connectivity index (χ4n) is 2.58. The summed E-state index contributed by atoms with van der Waals surface area (Å²) in [6.45, 7) is 5.05. The minimum atomic E-state index is -0.324. The number of benzene rings is 1. The molecule has 2 aliphatic heterocycles. The topological polar surface area (TPSA) is 67.9 Å². The number of imide groups is 1. The molecule has 0 saturated carbocycles. The van der Waals surface area contributed by atoms with E-state index in [1.807, 2.05) is 24.3 Å². The minimum absolute atomic E-state index is 0.203. The fourth-order valence-corrected chi connectivity index (χ4v) is 3.44. The van der Waals surface area contributed by atoms with Gasteiger partial charge in [0.15, 0.2) is 0 Å². The van der Waals surface area contributed by atoms with Crippen LogP contribution in [0.5, 0.6) is 5.75 Å². The van der Waals surface area contributed by atoms with Gasteiger partial charge in [-0.3, -0.25) is 19.8 Å². The molecule has 1 N–H and O–H groups in total. The highest BCUT2D eigenvalue weighted by Gasteiger charge is 2.31. The van der Waals surface area contributed by atoms with Crippen molar-refractivity contribution in [3.63, 3.8) is 0 Å². The molecule has 2 amide bonds. The van der Waals surface area contributed by atoms with Crippen LogP contribution in [0.1, 0.15) is 5.56 Å². The lowest BCUT2D eigenvalue weighted by atomic mass is 10.1. The van der Waals surface area contributed by atoms with Crippen molar-refractivity contribution in [2.24, 2.45) is 0 Å². The number of nitrogens with zero attached hydrogens (tertiary/aromatic N) is 1. The average Bonchev–Trinajstić information content (AvgIpc) is 2.88. The molecule has 1 aromatic rings. The summed E-state index contributed by atoms with van der Waals surface area (Å²) in [7, 11) is 0. The van der Waals surface area contributed by atoms with E-state index in [2.05, 4.69) is 10.2 Å². The summed E-state index contributed by atoms with van der Waals surface area (Å²) in [5, 5.41) is 1.72. The molecule has 2 fully saturated rings. The van der Waals surface area contributed by atoms with Crippen LogP contribution < -0.4 is 10.1 Å². The second-order valence-corrected chi connectivity index (χ2v) is 6.71. The van der Waals surface area contributed by atoms with Gasteiger partial charge in [-0.05, 0) is 24.1 Å². The second-order valence-electron chi connectivity index (χ2n) is 5.53. The zero-order valence-electron chi connectivity index (χ0n) is 12.8. The Bertz CT molecular complexity index is 558. The van der Waals surface area contributed by atoms with Gasteiger partial charge < -0.3 is 9.47 Å². The first-order chi connectivity index (χ1) is 11.2. The molecule has 6 nitrogen and oxygen atoms in total. The number of carbonyl (C=O) groups excluding carboxylic acids is 2. The number of nitrogens with one attached hydrogen (secondary N) is 1. The number of hydrogen-bond donors (Lipinski definition) is 1. The van der Waals surface area contributed by atoms with Crippen LogP contribution in [0.15, 0.2) is 24.3 Å². The van der Waals surface area contributed by atoms with E-state index in [9.17, 15) is 9.59 Å². The Morgan fingerprint density at radius 3 is 2.61 bits per heavy atom. The molecule has 0 aromatic heterocycles. The van der Waals surface area contributed by atoms with E-state index in [1.54, 1.807) is 0 Å². The molecule has 7 heteroatoms. The highest BCUT2D eigenvalue weighted by Crippen LogP contribution is 2.23. The van der Waals surface area contributed by atoms with Gasteiger partial charge in [-0.15, -0.1) is 0 Å². The van der Waals surface area contributed by atoms with Crippen molar-refractivity contribution in [3.05, 3.63) is 29.8 Å². The molecule has 1 atom stereocenters. The van der Waals surface area contributed by atoms with E-state index in [0.29, 0.717) is 13.0 Å². The van der Waals surface area contributed by atoms with E-state index < -0.39 is 0 Å². The number of carbonyl (C=O) groups is 2. The predicted octanol–water partition coefficient (Wildman–Crippen LogP) is 1.29. The van der Waals surface area contributed by atoms with Crippen molar-refractivity contribution in [2.45, 2.75) is 11.7 Å². The van der Waals surface area contributed by atoms with Crippen molar-refractivity contribution in [1.29, 1.82) is 0 Å². The quantitative estimate of drug-likeness (QED) is 0.844. The Hall–Kier alpha value is -1.57. The van der Waals surface area contributed by atoms with Crippen LogP contribution in [0.3, 0.4) is 0 Å². The molecular weight excluding hydrogens is 316 g/mol. The molecule has 0 aliphatic carbocycles. The van der Waals surface area contributed by atoms with Gasteiger partial charge in [0, 0.05) is 19.6 Å². The Balaban J connectivity index is 1.43. The van der Waals surface area contributed by atoms with Gasteiger partial charge in [0.1, 0.15) is 12.4 Å². The summed E-state index contributed by atoms with van der Waals surface area (Å²) in [4.78, 5) is 25.0. The van der Waals surface area contributed by atoms with Crippen LogP contribution in [-0.4, -0.2) is 60.8 Å². The molecule has 124 valence electrons. The van der Waals surface area contributed by atoms with Crippen molar-refractivity contribution in [1.82, 2.24) is 10.2 Å². The summed E-state index contributed by atoms with van der Waals surface area (Å²) in [5.74, 6) is 0.618. The third-order valence-electron chi connectivity index (χ3n) is 3.89. The minimum Gasteiger partial charge on any atom is -0.492 e. The monoisotopic (exact) mass is 336 g/mol. The number of rotatable bonds is 6. The number of hydrogen-bond acceptors (Lipinski definition) is 6. The van der Waals surface area contributed by atoms with E-state index in [-0.39, 0.29) is 16.4 Å². The summed E-state index contributed by atoms with van der Waals surface area (Å²) >= 11 is 1.06. The van der Waals surface area contributed by atoms with E-state index in [4.69, 9.17) is 9.47 Å². The Morgan fingerprint density at radius 2 is 1.96 bits per heavy atom. The van der Waals surface area contributed by atoms with Crippen LogP contribution >= 0.6 is 11.8 Å². The fraction of sp³-hybridized carbons (Fsp3) is 0.500. The molecule has 2 saturated heterocycles. The number of ether oxygens (including phenoxy) is 2. The standard InChI is InChI=1S/C16H20N2O4S/c19-15-14(23-16(20)17-15)11-12-1-3-13(4-2-12)22-10-7-18-5-8-21-9-6-18/h1-4,14H,5-11H2,(H,17,19,20). The van der Waals surface area contributed by atoms with Crippen LogP contribution in [0, 0.1) is 0 Å². The van der Waals surface area contributed by atoms with E-state index in [0.717, 1.165) is 55.9 Å². The third kappa shape index (κ3) is 4.70. The van der Waals surface area contributed by atoms with Gasteiger partial charge in [-0.1, -0.05) is 23.9 Å². The highest BCUT2D eigenvalue weighted by molar-refractivity contribution is 8.15. The zero-order chi connectivity index (χ0) is 16.1. The molecule has 2 heterocycles. The normalized spacial score (nSPS) is 22.2. The SMILES string of the molecule is O=C1NC(=O)C(Cc2ccc(OCCN3CCOCC3)cc2)S1. The maximum Gasteiger partial charge on any atom is 0.286 e. The van der Waals surface area contributed by atoms with Crippen molar-refractivity contribution in [3.8, 4) is 5.75 Å². The Kier molecular flexibility index (Phi) is 5.53. The molecule has 0 spiro atoms. The first-order valence-electron chi connectivity index (χ1n) is 7.74. The Morgan fingerprint density at radius 1 is 1.22 bits per heavy atom. The summed E-state index contributed by atoms with van der Waals surface area (Å²) in [6, 6.07) is 7.71. The van der Waals surface area contributed by atoms with Crippen LogP contribution in [0.4, 0.5) is 4.79 Å². The molecule has 2 aliphatic rings. The van der Waals surface area contributed by atoms with Gasteiger partial charge in [-0.25, -0.2) is 0 Å². The first-order valence-corrected chi connectivity index (χ1v) is 8.62. The lowest BCUT2D eigenvalue weighted by Gasteiger charge is -2.26. The van der Waals surface area contributed by atoms with Crippen molar-refractivity contribution >= 4 is 22.9 Å². The third-order valence-corrected chi connectivity index (χ3v) is 4.87. The lowest BCUT2D eigenvalue weighted by Crippen LogP contribution is -2.38. The second kappa shape index (κ2) is 7.81. The van der Waals surface area contributed by atoms with Gasteiger partial charge in [-0.2, -0.15) is 0 Å². The molecule has 1 aromatic carbocycles. The van der Waals surface area contributed by atoms with Gasteiger partial charge in [0.05, 0.1) is 18.5 Å². The van der Waals surface area contributed by atoms with E-state index in [1.165, 1.54) is 0 Å². The highest BCUT2D eigenvalue weighted by atomic mass is 32.2.